The van der Waals surface area contributed by atoms with E-state index in [0.29, 0.717) is 37.1 Å². The van der Waals surface area contributed by atoms with Gasteiger partial charge in [-0.3, -0.25) is 14.7 Å². The Kier molecular flexibility index (Phi) is 7.75. The number of hydrogen-bond donors (Lipinski definition) is 1. The number of nitrogens with one attached hydrogen (secondary N) is 1. The second kappa shape index (κ2) is 11.1. The van der Waals surface area contributed by atoms with E-state index in [1.165, 1.54) is 0 Å². The summed E-state index contributed by atoms with van der Waals surface area (Å²) in [6.45, 7) is 7.02. The maximum absolute atomic E-state index is 12.8. The standard InChI is InChI=1S/C27H32N4O3/c1-27(2)13-8-16-31(19-25(32)30-17-22-10-5-6-14-28-22)18-21-9-7-15-29-26(21)34-24-12-4-3-11-23(24)33-20-27/h3-7,9-12,14-15H,8,13,16-20H2,1-2H3,(H,30,32). The van der Waals surface area contributed by atoms with Crippen molar-refractivity contribution in [3.05, 3.63) is 78.2 Å². The van der Waals surface area contributed by atoms with Gasteiger partial charge in [-0.25, -0.2) is 4.98 Å². The molecule has 1 aliphatic heterocycles. The van der Waals surface area contributed by atoms with Crippen LogP contribution in [0.3, 0.4) is 0 Å². The monoisotopic (exact) mass is 460 g/mol. The Morgan fingerprint density at radius 1 is 1.03 bits per heavy atom. The minimum atomic E-state index is -0.0331. The van der Waals surface area contributed by atoms with Crippen LogP contribution in [0.1, 0.15) is 37.9 Å². The average Bonchev–Trinajstić information content (AvgIpc) is 2.84. The third-order valence-corrected chi connectivity index (χ3v) is 5.81. The van der Waals surface area contributed by atoms with E-state index < -0.39 is 0 Å². The minimum Gasteiger partial charge on any atom is -0.489 e. The number of hydrogen-bond acceptors (Lipinski definition) is 6. The van der Waals surface area contributed by atoms with Crippen LogP contribution in [0.5, 0.6) is 17.4 Å². The first kappa shape index (κ1) is 23.7. The smallest absolute Gasteiger partial charge is 0.234 e. The number of benzene rings is 1. The number of carbonyl (C=O) groups excluding carboxylic acids is 1. The molecule has 7 nitrogen and oxygen atoms in total. The molecule has 2 aromatic heterocycles. The van der Waals surface area contributed by atoms with Gasteiger partial charge in [-0.1, -0.05) is 38.1 Å². The van der Waals surface area contributed by atoms with Crippen LogP contribution in [-0.2, 0) is 17.9 Å². The Morgan fingerprint density at radius 2 is 1.82 bits per heavy atom. The Balaban J connectivity index is 1.52. The molecule has 178 valence electrons. The largest absolute Gasteiger partial charge is 0.489 e. The van der Waals surface area contributed by atoms with Gasteiger partial charge in [-0.05, 0) is 55.1 Å². The van der Waals surface area contributed by atoms with Crippen molar-refractivity contribution in [2.75, 3.05) is 19.7 Å². The van der Waals surface area contributed by atoms with Crippen molar-refractivity contribution >= 4 is 5.91 Å². The number of rotatable bonds is 4. The summed E-state index contributed by atoms with van der Waals surface area (Å²) in [5.41, 5.74) is 1.75. The molecule has 1 N–H and O–H groups in total. The van der Waals surface area contributed by atoms with E-state index in [1.807, 2.05) is 54.6 Å². The zero-order valence-electron chi connectivity index (χ0n) is 19.9. The Morgan fingerprint density at radius 3 is 2.65 bits per heavy atom. The number of para-hydroxylation sites is 2. The van der Waals surface area contributed by atoms with E-state index in [4.69, 9.17) is 9.47 Å². The molecule has 3 aromatic rings. The van der Waals surface area contributed by atoms with E-state index in [1.54, 1.807) is 12.4 Å². The van der Waals surface area contributed by atoms with Crippen molar-refractivity contribution in [1.29, 1.82) is 0 Å². The molecule has 1 aromatic carbocycles. The second-order valence-electron chi connectivity index (χ2n) is 9.38. The fourth-order valence-electron chi connectivity index (χ4n) is 3.93. The molecule has 0 atom stereocenters. The first-order chi connectivity index (χ1) is 16.5. The molecule has 0 saturated heterocycles. The summed E-state index contributed by atoms with van der Waals surface area (Å²) < 4.78 is 12.4. The Hall–Kier alpha value is -3.45. The molecule has 1 aliphatic rings. The van der Waals surface area contributed by atoms with Gasteiger partial charge in [0.2, 0.25) is 11.8 Å². The van der Waals surface area contributed by atoms with Crippen LogP contribution in [0.4, 0.5) is 0 Å². The predicted octanol–water partition coefficient (Wildman–Crippen LogP) is 4.59. The van der Waals surface area contributed by atoms with Crippen LogP contribution in [0.2, 0.25) is 0 Å². The highest BCUT2D eigenvalue weighted by molar-refractivity contribution is 5.78. The first-order valence-corrected chi connectivity index (χ1v) is 11.7. The molecule has 0 fully saturated rings. The molecule has 0 saturated carbocycles. The van der Waals surface area contributed by atoms with Gasteiger partial charge >= 0.3 is 0 Å². The summed E-state index contributed by atoms with van der Waals surface area (Å²) in [6, 6.07) is 17.3. The van der Waals surface area contributed by atoms with Gasteiger partial charge in [0.25, 0.3) is 0 Å². The van der Waals surface area contributed by atoms with Crippen molar-refractivity contribution in [2.45, 2.75) is 39.8 Å². The van der Waals surface area contributed by atoms with E-state index >= 15 is 0 Å². The van der Waals surface area contributed by atoms with Gasteiger partial charge in [0, 0.05) is 24.5 Å². The van der Waals surface area contributed by atoms with Gasteiger partial charge < -0.3 is 14.8 Å². The quantitative estimate of drug-likeness (QED) is 0.614. The third kappa shape index (κ3) is 6.78. The predicted molar refractivity (Wildman–Crippen MR) is 131 cm³/mol. The molecule has 34 heavy (non-hydrogen) atoms. The minimum absolute atomic E-state index is 0.0147. The highest BCUT2D eigenvalue weighted by Crippen LogP contribution is 2.34. The molecule has 7 heteroatoms. The zero-order chi connectivity index (χ0) is 23.8. The zero-order valence-corrected chi connectivity index (χ0v) is 19.9. The van der Waals surface area contributed by atoms with Crippen LogP contribution in [-0.4, -0.2) is 40.5 Å². The highest BCUT2D eigenvalue weighted by Gasteiger charge is 2.23. The van der Waals surface area contributed by atoms with Crippen molar-refractivity contribution < 1.29 is 14.3 Å². The van der Waals surface area contributed by atoms with Crippen molar-refractivity contribution in [3.63, 3.8) is 0 Å². The summed E-state index contributed by atoms with van der Waals surface area (Å²) in [6.07, 6.45) is 5.37. The fraction of sp³-hybridized carbons (Fsp3) is 0.370. The summed E-state index contributed by atoms with van der Waals surface area (Å²) >= 11 is 0. The van der Waals surface area contributed by atoms with Crippen molar-refractivity contribution in [2.24, 2.45) is 5.41 Å². The average molecular weight is 461 g/mol. The van der Waals surface area contributed by atoms with Gasteiger partial charge in [0.15, 0.2) is 11.5 Å². The molecule has 0 unspecified atom stereocenters. The summed E-state index contributed by atoms with van der Waals surface area (Å²) in [4.78, 5) is 23.7. The molecule has 1 amide bonds. The Labute approximate surface area is 201 Å². The Bertz CT molecular complexity index is 1090. The molecule has 0 bridgehead atoms. The van der Waals surface area contributed by atoms with Gasteiger partial charge in [-0.15, -0.1) is 0 Å². The number of fused-ring (bicyclic) bond motifs is 2. The number of aromatic nitrogens is 2. The van der Waals surface area contributed by atoms with Gasteiger partial charge in [0.1, 0.15) is 0 Å². The van der Waals surface area contributed by atoms with E-state index in [-0.39, 0.29) is 17.9 Å². The van der Waals surface area contributed by atoms with Crippen LogP contribution in [0.25, 0.3) is 0 Å². The first-order valence-electron chi connectivity index (χ1n) is 11.7. The lowest BCUT2D eigenvalue weighted by atomic mass is 9.88. The normalized spacial score (nSPS) is 16.3. The van der Waals surface area contributed by atoms with Crippen LogP contribution in [0.15, 0.2) is 67.0 Å². The summed E-state index contributed by atoms with van der Waals surface area (Å²) in [5, 5.41) is 2.99. The molecule has 0 spiro atoms. The molecule has 0 radical (unpaired) electrons. The molecule has 4 rings (SSSR count). The number of nitrogens with zero attached hydrogens (tertiary/aromatic N) is 3. The lowest BCUT2D eigenvalue weighted by molar-refractivity contribution is -0.122. The number of carbonyl (C=O) groups is 1. The van der Waals surface area contributed by atoms with Gasteiger partial charge in [-0.2, -0.15) is 0 Å². The maximum atomic E-state index is 12.8. The molecular weight excluding hydrogens is 428 g/mol. The number of ether oxygens (including phenoxy) is 2. The van der Waals surface area contributed by atoms with Crippen LogP contribution < -0.4 is 14.8 Å². The summed E-state index contributed by atoms with van der Waals surface area (Å²) in [7, 11) is 0. The maximum Gasteiger partial charge on any atom is 0.234 e. The van der Waals surface area contributed by atoms with Crippen molar-refractivity contribution in [3.8, 4) is 17.4 Å². The van der Waals surface area contributed by atoms with Crippen molar-refractivity contribution in [1.82, 2.24) is 20.2 Å². The number of pyridine rings is 2. The molecular formula is C27H32N4O3. The van der Waals surface area contributed by atoms with E-state index in [2.05, 4.69) is 34.0 Å². The molecule has 0 aliphatic carbocycles. The lowest BCUT2D eigenvalue weighted by Gasteiger charge is -2.27. The number of amides is 1. The van der Waals surface area contributed by atoms with Gasteiger partial charge in [0.05, 0.1) is 25.4 Å². The van der Waals surface area contributed by atoms with Crippen LogP contribution in [0, 0.1) is 5.41 Å². The van der Waals surface area contributed by atoms with E-state index in [0.717, 1.165) is 30.6 Å². The SMILES string of the molecule is CC1(C)CCCN(CC(=O)NCc2ccccn2)Cc2cccnc2Oc2ccccc2OC1. The van der Waals surface area contributed by atoms with Crippen LogP contribution >= 0.6 is 0 Å². The topological polar surface area (TPSA) is 76.6 Å². The highest BCUT2D eigenvalue weighted by atomic mass is 16.5. The summed E-state index contributed by atoms with van der Waals surface area (Å²) in [5.74, 6) is 1.83. The third-order valence-electron chi connectivity index (χ3n) is 5.81. The van der Waals surface area contributed by atoms with E-state index in [9.17, 15) is 4.79 Å². The second-order valence-corrected chi connectivity index (χ2v) is 9.38. The lowest BCUT2D eigenvalue weighted by Crippen LogP contribution is -2.37. The molecule has 3 heterocycles. The fourth-order valence-corrected chi connectivity index (χ4v) is 3.93.